The summed E-state index contributed by atoms with van der Waals surface area (Å²) in [7, 11) is 0. The molecule has 0 spiro atoms. The number of piperazine rings is 1. The van der Waals surface area contributed by atoms with E-state index < -0.39 is 5.60 Å². The quantitative estimate of drug-likeness (QED) is 0.733. The van der Waals surface area contributed by atoms with Crippen LogP contribution in [0, 0.1) is 0 Å². The lowest BCUT2D eigenvalue weighted by atomic mass is 9.99. The molecule has 18 heavy (non-hydrogen) atoms. The lowest BCUT2D eigenvalue weighted by Crippen LogP contribution is -2.61. The van der Waals surface area contributed by atoms with Crippen molar-refractivity contribution < 1.29 is 9.53 Å². The first-order chi connectivity index (χ1) is 8.15. The van der Waals surface area contributed by atoms with Gasteiger partial charge >= 0.3 is 6.09 Å². The van der Waals surface area contributed by atoms with Crippen molar-refractivity contribution in [2.75, 3.05) is 31.5 Å². The predicted octanol–water partition coefficient (Wildman–Crippen LogP) is 2.71. The van der Waals surface area contributed by atoms with Crippen LogP contribution in [0.15, 0.2) is 0 Å². The SMILES string of the molecule is CC(C)(C)OC(=O)N1CCN(CCBr)CC1(C)C. The van der Waals surface area contributed by atoms with E-state index in [9.17, 15) is 4.79 Å². The fourth-order valence-corrected chi connectivity index (χ4v) is 2.72. The molecule has 0 aromatic rings. The number of rotatable bonds is 2. The minimum Gasteiger partial charge on any atom is -0.444 e. The Morgan fingerprint density at radius 3 is 2.39 bits per heavy atom. The number of carbonyl (C=O) groups excluding carboxylic acids is 1. The van der Waals surface area contributed by atoms with Crippen LogP contribution in [-0.4, -0.2) is 58.5 Å². The molecule has 1 heterocycles. The second-order valence-corrected chi connectivity index (χ2v) is 7.20. The van der Waals surface area contributed by atoms with Gasteiger partial charge in [-0.1, -0.05) is 15.9 Å². The van der Waals surface area contributed by atoms with E-state index in [1.54, 1.807) is 0 Å². The van der Waals surface area contributed by atoms with Gasteiger partial charge in [0, 0.05) is 31.5 Å². The molecule has 0 unspecified atom stereocenters. The lowest BCUT2D eigenvalue weighted by Gasteiger charge is -2.47. The zero-order valence-electron chi connectivity index (χ0n) is 12.1. The van der Waals surface area contributed by atoms with E-state index >= 15 is 0 Å². The average Bonchev–Trinajstić information content (AvgIpc) is 2.13. The molecule has 1 saturated heterocycles. The van der Waals surface area contributed by atoms with Gasteiger partial charge in [0.05, 0.1) is 5.54 Å². The van der Waals surface area contributed by atoms with E-state index in [2.05, 4.69) is 34.7 Å². The van der Waals surface area contributed by atoms with Gasteiger partial charge in [-0.25, -0.2) is 4.79 Å². The van der Waals surface area contributed by atoms with Crippen molar-refractivity contribution in [1.82, 2.24) is 9.80 Å². The largest absolute Gasteiger partial charge is 0.444 e. The summed E-state index contributed by atoms with van der Waals surface area (Å²) in [5.74, 6) is 0. The van der Waals surface area contributed by atoms with E-state index in [0.29, 0.717) is 0 Å². The minimum absolute atomic E-state index is 0.178. The maximum atomic E-state index is 12.2. The van der Waals surface area contributed by atoms with Crippen molar-refractivity contribution in [2.24, 2.45) is 0 Å². The number of nitrogens with zero attached hydrogens (tertiary/aromatic N) is 2. The summed E-state index contributed by atoms with van der Waals surface area (Å²) in [6.45, 7) is 13.4. The molecule has 0 N–H and O–H groups in total. The second kappa shape index (κ2) is 5.78. The molecule has 106 valence electrons. The highest BCUT2D eigenvalue weighted by atomic mass is 79.9. The van der Waals surface area contributed by atoms with Gasteiger partial charge in [-0.2, -0.15) is 0 Å². The van der Waals surface area contributed by atoms with Crippen LogP contribution < -0.4 is 0 Å². The maximum absolute atomic E-state index is 12.2. The van der Waals surface area contributed by atoms with Gasteiger partial charge in [0.25, 0.3) is 0 Å². The number of hydrogen-bond acceptors (Lipinski definition) is 3. The topological polar surface area (TPSA) is 32.8 Å². The first kappa shape index (κ1) is 15.8. The van der Waals surface area contributed by atoms with E-state index in [4.69, 9.17) is 4.74 Å². The van der Waals surface area contributed by atoms with Crippen molar-refractivity contribution in [1.29, 1.82) is 0 Å². The van der Waals surface area contributed by atoms with E-state index in [0.717, 1.165) is 31.5 Å². The average molecular weight is 321 g/mol. The summed E-state index contributed by atoms with van der Waals surface area (Å²) in [5, 5.41) is 0.968. The van der Waals surface area contributed by atoms with Crippen LogP contribution in [0.3, 0.4) is 0 Å². The van der Waals surface area contributed by atoms with Crippen LogP contribution in [0.25, 0.3) is 0 Å². The Morgan fingerprint density at radius 2 is 1.94 bits per heavy atom. The van der Waals surface area contributed by atoms with Crippen molar-refractivity contribution in [3.63, 3.8) is 0 Å². The number of carbonyl (C=O) groups is 1. The Bertz CT molecular complexity index is 300. The third kappa shape index (κ3) is 4.43. The Labute approximate surface area is 119 Å². The minimum atomic E-state index is -0.430. The molecule has 1 aliphatic rings. The molecule has 1 rings (SSSR count). The number of hydrogen-bond donors (Lipinski definition) is 0. The Hall–Kier alpha value is -0.290. The van der Waals surface area contributed by atoms with Gasteiger partial charge < -0.3 is 9.64 Å². The molecule has 5 heteroatoms. The van der Waals surface area contributed by atoms with Gasteiger partial charge in [0.15, 0.2) is 0 Å². The van der Waals surface area contributed by atoms with Crippen LogP contribution in [0.1, 0.15) is 34.6 Å². The van der Waals surface area contributed by atoms with Crippen LogP contribution >= 0.6 is 15.9 Å². The number of amides is 1. The van der Waals surface area contributed by atoms with Crippen LogP contribution in [0.4, 0.5) is 4.79 Å². The second-order valence-electron chi connectivity index (χ2n) is 6.41. The molecule has 1 aliphatic heterocycles. The molecule has 0 aromatic carbocycles. The fraction of sp³-hybridized carbons (Fsp3) is 0.923. The fourth-order valence-electron chi connectivity index (χ4n) is 2.22. The molecular weight excluding hydrogens is 296 g/mol. The van der Waals surface area contributed by atoms with Crippen molar-refractivity contribution in [3.05, 3.63) is 0 Å². The number of alkyl halides is 1. The zero-order chi connectivity index (χ0) is 14.0. The third-order valence-electron chi connectivity index (χ3n) is 3.00. The Kier molecular flexibility index (Phi) is 5.06. The zero-order valence-corrected chi connectivity index (χ0v) is 13.7. The summed E-state index contributed by atoms with van der Waals surface area (Å²) < 4.78 is 5.47. The molecule has 0 aromatic heterocycles. The summed E-state index contributed by atoms with van der Waals surface area (Å²) >= 11 is 3.46. The molecule has 0 atom stereocenters. The molecule has 0 radical (unpaired) electrons. The first-order valence-corrected chi connectivity index (χ1v) is 7.57. The van der Waals surface area contributed by atoms with Gasteiger partial charge in [0.1, 0.15) is 5.60 Å². The standard InChI is InChI=1S/C13H25BrN2O2/c1-12(2,3)18-11(17)16-9-8-15(7-6-14)10-13(16,4)5/h6-10H2,1-5H3. The molecule has 0 bridgehead atoms. The van der Waals surface area contributed by atoms with Crippen molar-refractivity contribution >= 4 is 22.0 Å². The molecule has 0 saturated carbocycles. The predicted molar refractivity (Wildman–Crippen MR) is 77.3 cm³/mol. The Balaban J connectivity index is 2.65. The highest BCUT2D eigenvalue weighted by Gasteiger charge is 2.38. The third-order valence-corrected chi connectivity index (χ3v) is 3.35. The van der Waals surface area contributed by atoms with Gasteiger partial charge in [-0.15, -0.1) is 0 Å². The molecule has 1 amide bonds. The number of halogens is 1. The molecule has 4 nitrogen and oxygen atoms in total. The Morgan fingerprint density at radius 1 is 1.33 bits per heavy atom. The van der Waals surface area contributed by atoms with E-state index in [1.165, 1.54) is 0 Å². The lowest BCUT2D eigenvalue weighted by molar-refractivity contribution is -0.0219. The van der Waals surface area contributed by atoms with E-state index in [-0.39, 0.29) is 11.6 Å². The highest BCUT2D eigenvalue weighted by Crippen LogP contribution is 2.23. The monoisotopic (exact) mass is 320 g/mol. The number of ether oxygens (including phenoxy) is 1. The van der Waals surface area contributed by atoms with Crippen LogP contribution in [0.2, 0.25) is 0 Å². The highest BCUT2D eigenvalue weighted by molar-refractivity contribution is 9.09. The van der Waals surface area contributed by atoms with E-state index in [1.807, 2.05) is 25.7 Å². The van der Waals surface area contributed by atoms with Crippen LogP contribution in [0.5, 0.6) is 0 Å². The summed E-state index contributed by atoms with van der Waals surface area (Å²) in [6, 6.07) is 0. The summed E-state index contributed by atoms with van der Waals surface area (Å²) in [5.41, 5.74) is -0.608. The van der Waals surface area contributed by atoms with Gasteiger partial charge in [-0.3, -0.25) is 4.90 Å². The molecule has 0 aliphatic carbocycles. The maximum Gasteiger partial charge on any atom is 0.410 e. The molecule has 1 fully saturated rings. The van der Waals surface area contributed by atoms with Crippen LogP contribution in [-0.2, 0) is 4.74 Å². The van der Waals surface area contributed by atoms with Gasteiger partial charge in [0.2, 0.25) is 0 Å². The smallest absolute Gasteiger partial charge is 0.410 e. The molecular formula is C13H25BrN2O2. The van der Waals surface area contributed by atoms with Gasteiger partial charge in [-0.05, 0) is 34.6 Å². The summed E-state index contributed by atoms with van der Waals surface area (Å²) in [4.78, 5) is 16.4. The van der Waals surface area contributed by atoms with Crippen molar-refractivity contribution in [2.45, 2.75) is 45.8 Å². The summed E-state index contributed by atoms with van der Waals surface area (Å²) in [6.07, 6.45) is -0.203. The van der Waals surface area contributed by atoms with Crippen molar-refractivity contribution in [3.8, 4) is 0 Å². The first-order valence-electron chi connectivity index (χ1n) is 6.45. The normalized spacial score (nSPS) is 20.9.